The van der Waals surface area contributed by atoms with Crippen LogP contribution in [0.2, 0.25) is 0 Å². The lowest BCUT2D eigenvalue weighted by Crippen LogP contribution is -2.51. The summed E-state index contributed by atoms with van der Waals surface area (Å²) in [4.78, 5) is 29.1. The molecular weight excluding hydrogens is 384 g/mol. The summed E-state index contributed by atoms with van der Waals surface area (Å²) >= 11 is 0. The van der Waals surface area contributed by atoms with Crippen LogP contribution in [0.25, 0.3) is 0 Å². The van der Waals surface area contributed by atoms with Crippen molar-refractivity contribution in [2.24, 2.45) is 0 Å². The third-order valence-corrected chi connectivity index (χ3v) is 5.14. The lowest BCUT2D eigenvalue weighted by molar-refractivity contribution is -0.131. The highest BCUT2D eigenvalue weighted by molar-refractivity contribution is 5.95. The number of hydrogen-bond donors (Lipinski definition) is 0. The van der Waals surface area contributed by atoms with Crippen molar-refractivity contribution in [3.05, 3.63) is 53.6 Å². The van der Waals surface area contributed by atoms with Crippen molar-refractivity contribution < 1.29 is 23.8 Å². The first-order chi connectivity index (χ1) is 14.5. The fourth-order valence-electron chi connectivity index (χ4n) is 3.47. The van der Waals surface area contributed by atoms with E-state index in [0.717, 1.165) is 11.3 Å². The predicted octanol–water partition coefficient (Wildman–Crippen LogP) is 2.63. The van der Waals surface area contributed by atoms with Crippen molar-refractivity contribution in [1.29, 1.82) is 0 Å². The maximum atomic E-state index is 12.8. The first-order valence-electron chi connectivity index (χ1n) is 10.1. The molecule has 0 bridgehead atoms. The molecule has 2 amide bonds. The van der Waals surface area contributed by atoms with Gasteiger partial charge in [-0.1, -0.05) is 12.1 Å². The molecule has 0 N–H and O–H groups in total. The molecule has 1 fully saturated rings. The monoisotopic (exact) mass is 412 g/mol. The zero-order valence-electron chi connectivity index (χ0n) is 17.7. The summed E-state index contributed by atoms with van der Waals surface area (Å²) in [5.41, 5.74) is 1.49. The van der Waals surface area contributed by atoms with Crippen LogP contribution in [0.5, 0.6) is 17.2 Å². The minimum Gasteiger partial charge on any atom is -0.494 e. The number of carbonyl (C=O) groups excluding carboxylic acids is 2. The second-order valence-corrected chi connectivity index (χ2v) is 7.00. The molecule has 0 atom stereocenters. The first kappa shape index (κ1) is 21.5. The number of benzene rings is 2. The summed E-state index contributed by atoms with van der Waals surface area (Å²) in [6.07, 6.45) is 0.343. The van der Waals surface area contributed by atoms with Gasteiger partial charge in [0, 0.05) is 31.7 Å². The molecule has 0 aliphatic carbocycles. The maximum Gasteiger partial charge on any atom is 0.254 e. The van der Waals surface area contributed by atoms with Crippen LogP contribution in [0.3, 0.4) is 0 Å². The zero-order valence-corrected chi connectivity index (χ0v) is 17.7. The molecule has 3 rings (SSSR count). The highest BCUT2D eigenvalue weighted by Gasteiger charge is 2.25. The Bertz CT molecular complexity index is 874. The van der Waals surface area contributed by atoms with E-state index in [-0.39, 0.29) is 11.8 Å². The average molecular weight is 412 g/mol. The molecule has 1 aliphatic rings. The van der Waals surface area contributed by atoms with E-state index < -0.39 is 0 Å². The average Bonchev–Trinajstić information content (AvgIpc) is 2.79. The number of nitrogens with zero attached hydrogens (tertiary/aromatic N) is 2. The van der Waals surface area contributed by atoms with Gasteiger partial charge >= 0.3 is 0 Å². The number of carbonyl (C=O) groups is 2. The molecule has 0 unspecified atom stereocenters. The molecular formula is C23H28N2O5. The second kappa shape index (κ2) is 10.0. The van der Waals surface area contributed by atoms with Gasteiger partial charge in [0.2, 0.25) is 5.91 Å². The van der Waals surface area contributed by atoms with Crippen LogP contribution in [0.15, 0.2) is 42.5 Å². The minimum atomic E-state index is -0.0745. The second-order valence-electron chi connectivity index (χ2n) is 7.00. The van der Waals surface area contributed by atoms with E-state index in [9.17, 15) is 9.59 Å². The van der Waals surface area contributed by atoms with E-state index in [2.05, 4.69) is 0 Å². The van der Waals surface area contributed by atoms with Gasteiger partial charge in [-0.3, -0.25) is 9.59 Å². The van der Waals surface area contributed by atoms with Crippen molar-refractivity contribution >= 4 is 11.8 Å². The molecule has 0 radical (unpaired) electrons. The highest BCUT2D eigenvalue weighted by atomic mass is 16.5. The summed E-state index contributed by atoms with van der Waals surface area (Å²) in [5, 5.41) is 0. The van der Waals surface area contributed by atoms with Gasteiger partial charge in [0.25, 0.3) is 5.91 Å². The molecule has 7 nitrogen and oxygen atoms in total. The molecule has 1 aliphatic heterocycles. The van der Waals surface area contributed by atoms with Gasteiger partial charge in [0.05, 0.1) is 27.2 Å². The summed E-state index contributed by atoms with van der Waals surface area (Å²) in [7, 11) is 3.10. The molecule has 1 saturated heterocycles. The van der Waals surface area contributed by atoms with E-state index in [0.29, 0.717) is 56.3 Å². The third-order valence-electron chi connectivity index (χ3n) is 5.14. The largest absolute Gasteiger partial charge is 0.494 e. The number of rotatable bonds is 7. The van der Waals surface area contributed by atoms with Crippen molar-refractivity contribution in [3.63, 3.8) is 0 Å². The normalized spacial score (nSPS) is 13.7. The molecule has 7 heteroatoms. The van der Waals surface area contributed by atoms with Gasteiger partial charge in [0.15, 0.2) is 11.5 Å². The minimum absolute atomic E-state index is 0.0670. The number of amides is 2. The Kier molecular flexibility index (Phi) is 7.17. The molecule has 0 spiro atoms. The van der Waals surface area contributed by atoms with Gasteiger partial charge in [-0.2, -0.15) is 0 Å². The summed E-state index contributed by atoms with van der Waals surface area (Å²) in [6.45, 7) is 4.60. The molecule has 0 aromatic heterocycles. The molecule has 160 valence electrons. The fourth-order valence-corrected chi connectivity index (χ4v) is 3.47. The highest BCUT2D eigenvalue weighted by Crippen LogP contribution is 2.28. The summed E-state index contributed by atoms with van der Waals surface area (Å²) in [5.74, 6) is 1.90. The molecule has 0 saturated carbocycles. The number of piperazine rings is 1. The van der Waals surface area contributed by atoms with E-state index in [1.165, 1.54) is 0 Å². The zero-order chi connectivity index (χ0) is 21.5. The van der Waals surface area contributed by atoms with Gasteiger partial charge in [-0.25, -0.2) is 0 Å². The quantitative estimate of drug-likeness (QED) is 0.699. The summed E-state index contributed by atoms with van der Waals surface area (Å²) in [6, 6.07) is 12.7. The lowest BCUT2D eigenvalue weighted by atomic mass is 10.1. The Hall–Kier alpha value is -3.22. The van der Waals surface area contributed by atoms with Crippen LogP contribution in [0, 0.1) is 0 Å². The van der Waals surface area contributed by atoms with Crippen LogP contribution in [0.1, 0.15) is 22.8 Å². The number of hydrogen-bond acceptors (Lipinski definition) is 5. The standard InChI is InChI=1S/C23H28N2O5/c1-4-30-19-8-5-17(6-9-19)15-22(26)24-11-13-25(14-12-24)23(27)18-7-10-20(28-2)21(16-18)29-3/h5-10,16H,4,11-15H2,1-3H3. The third kappa shape index (κ3) is 5.03. The Morgan fingerprint density at radius 1 is 0.867 bits per heavy atom. The van der Waals surface area contributed by atoms with Crippen LogP contribution >= 0.6 is 0 Å². The van der Waals surface area contributed by atoms with Gasteiger partial charge < -0.3 is 24.0 Å². The Morgan fingerprint density at radius 2 is 1.50 bits per heavy atom. The van der Waals surface area contributed by atoms with Crippen LogP contribution in [-0.2, 0) is 11.2 Å². The van der Waals surface area contributed by atoms with E-state index in [1.807, 2.05) is 36.1 Å². The molecule has 30 heavy (non-hydrogen) atoms. The number of methoxy groups -OCH3 is 2. The lowest BCUT2D eigenvalue weighted by Gasteiger charge is -2.35. The van der Waals surface area contributed by atoms with Crippen molar-refractivity contribution in [2.75, 3.05) is 47.0 Å². The molecule has 2 aromatic carbocycles. The Balaban J connectivity index is 1.55. The van der Waals surface area contributed by atoms with Crippen molar-refractivity contribution in [2.45, 2.75) is 13.3 Å². The van der Waals surface area contributed by atoms with E-state index in [4.69, 9.17) is 14.2 Å². The number of ether oxygens (including phenoxy) is 3. The van der Waals surface area contributed by atoms with Crippen LogP contribution < -0.4 is 14.2 Å². The smallest absolute Gasteiger partial charge is 0.254 e. The summed E-state index contributed by atoms with van der Waals surface area (Å²) < 4.78 is 15.9. The van der Waals surface area contributed by atoms with Gasteiger partial charge in [0.1, 0.15) is 5.75 Å². The van der Waals surface area contributed by atoms with Crippen molar-refractivity contribution in [1.82, 2.24) is 9.80 Å². The van der Waals surface area contributed by atoms with Crippen molar-refractivity contribution in [3.8, 4) is 17.2 Å². The van der Waals surface area contributed by atoms with E-state index >= 15 is 0 Å². The van der Waals surface area contributed by atoms with Gasteiger partial charge in [-0.15, -0.1) is 0 Å². The predicted molar refractivity (Wildman–Crippen MR) is 113 cm³/mol. The maximum absolute atomic E-state index is 12.8. The Morgan fingerprint density at radius 3 is 2.10 bits per heavy atom. The molecule has 1 heterocycles. The van der Waals surface area contributed by atoms with Crippen LogP contribution in [-0.4, -0.2) is 68.6 Å². The SMILES string of the molecule is CCOc1ccc(CC(=O)N2CCN(C(=O)c3ccc(OC)c(OC)c3)CC2)cc1. The Labute approximate surface area is 177 Å². The fraction of sp³-hybridized carbons (Fsp3) is 0.391. The topological polar surface area (TPSA) is 68.3 Å². The van der Waals surface area contributed by atoms with Crippen LogP contribution in [0.4, 0.5) is 0 Å². The molecule has 2 aromatic rings. The van der Waals surface area contributed by atoms with E-state index in [1.54, 1.807) is 37.3 Å². The van der Waals surface area contributed by atoms with Gasteiger partial charge in [-0.05, 0) is 42.8 Å². The first-order valence-corrected chi connectivity index (χ1v) is 10.1.